The Hall–Kier alpha value is -1.95. The molecule has 1 saturated heterocycles. The minimum Gasteiger partial charge on any atom is -0.337 e. The second-order valence-corrected chi connectivity index (χ2v) is 5.24. The van der Waals surface area contributed by atoms with Gasteiger partial charge >= 0.3 is 0 Å². The molecular formula is C14H20N4O2. The lowest BCUT2D eigenvalue weighted by atomic mass is 10.0. The number of pyridine rings is 1. The highest BCUT2D eigenvalue weighted by molar-refractivity contribution is 5.91. The summed E-state index contributed by atoms with van der Waals surface area (Å²) in [5, 5.41) is 0. The van der Waals surface area contributed by atoms with Gasteiger partial charge in [0.15, 0.2) is 0 Å². The summed E-state index contributed by atoms with van der Waals surface area (Å²) in [6.45, 7) is 3.35. The molecule has 6 heteroatoms. The minimum absolute atomic E-state index is 0.157. The molecule has 0 saturated carbocycles. The van der Waals surface area contributed by atoms with E-state index in [1.54, 1.807) is 12.1 Å². The lowest BCUT2D eigenvalue weighted by Gasteiger charge is -2.20. The van der Waals surface area contributed by atoms with Crippen molar-refractivity contribution in [2.45, 2.75) is 32.7 Å². The Morgan fingerprint density at radius 1 is 1.50 bits per heavy atom. The van der Waals surface area contributed by atoms with E-state index in [-0.39, 0.29) is 11.6 Å². The molecule has 6 nitrogen and oxygen atoms in total. The van der Waals surface area contributed by atoms with E-state index in [0.717, 1.165) is 19.4 Å². The Kier molecular flexibility index (Phi) is 4.68. The molecular weight excluding hydrogens is 256 g/mol. The average molecular weight is 276 g/mol. The highest BCUT2D eigenvalue weighted by Crippen LogP contribution is 2.18. The monoisotopic (exact) mass is 276 g/mol. The Bertz CT molecular complexity index is 504. The second-order valence-electron chi connectivity index (χ2n) is 5.24. The zero-order valence-corrected chi connectivity index (χ0v) is 11.6. The molecule has 1 atom stereocenters. The molecule has 1 aromatic heterocycles. The summed E-state index contributed by atoms with van der Waals surface area (Å²) in [5.74, 6) is 5.40. The maximum Gasteiger partial charge on any atom is 0.283 e. The molecule has 1 fully saturated rings. The van der Waals surface area contributed by atoms with Crippen LogP contribution < -0.4 is 11.3 Å². The summed E-state index contributed by atoms with van der Waals surface area (Å²) in [6, 6.07) is 5.16. The number of rotatable bonds is 3. The van der Waals surface area contributed by atoms with Crippen LogP contribution in [0.5, 0.6) is 0 Å². The van der Waals surface area contributed by atoms with Gasteiger partial charge in [-0.3, -0.25) is 15.0 Å². The number of aromatic nitrogens is 1. The third-order valence-corrected chi connectivity index (χ3v) is 3.62. The zero-order valence-electron chi connectivity index (χ0n) is 11.6. The summed E-state index contributed by atoms with van der Waals surface area (Å²) in [5.41, 5.74) is 3.02. The van der Waals surface area contributed by atoms with Crippen LogP contribution in [0.4, 0.5) is 0 Å². The van der Waals surface area contributed by atoms with E-state index in [9.17, 15) is 9.59 Å². The number of carbonyl (C=O) groups excluding carboxylic acids is 2. The highest BCUT2D eigenvalue weighted by Gasteiger charge is 2.20. The molecule has 0 aliphatic carbocycles. The first-order chi connectivity index (χ1) is 9.60. The van der Waals surface area contributed by atoms with Crippen LogP contribution in [0, 0.1) is 5.92 Å². The lowest BCUT2D eigenvalue weighted by Crippen LogP contribution is -2.32. The lowest BCUT2D eigenvalue weighted by molar-refractivity contribution is -0.131. The smallest absolute Gasteiger partial charge is 0.283 e. The van der Waals surface area contributed by atoms with E-state index in [0.29, 0.717) is 24.6 Å². The predicted molar refractivity (Wildman–Crippen MR) is 74.3 cm³/mol. The van der Waals surface area contributed by atoms with Gasteiger partial charge in [-0.05, 0) is 30.9 Å². The van der Waals surface area contributed by atoms with Gasteiger partial charge in [0, 0.05) is 13.0 Å². The largest absolute Gasteiger partial charge is 0.337 e. The van der Waals surface area contributed by atoms with Gasteiger partial charge in [0.2, 0.25) is 5.91 Å². The normalized spacial score (nSPS) is 19.6. The van der Waals surface area contributed by atoms with Crippen LogP contribution in [0.3, 0.4) is 0 Å². The fraction of sp³-hybridized carbons (Fsp3) is 0.500. The molecule has 3 N–H and O–H groups in total. The topological polar surface area (TPSA) is 88.3 Å². The number of nitrogens with two attached hydrogens (primary N) is 1. The van der Waals surface area contributed by atoms with Crippen LogP contribution in [0.15, 0.2) is 18.2 Å². The quantitative estimate of drug-likeness (QED) is 0.486. The molecule has 0 radical (unpaired) electrons. The molecule has 20 heavy (non-hydrogen) atoms. The fourth-order valence-corrected chi connectivity index (χ4v) is 2.30. The molecule has 2 heterocycles. The fourth-order valence-electron chi connectivity index (χ4n) is 2.30. The van der Waals surface area contributed by atoms with Gasteiger partial charge in [-0.1, -0.05) is 13.0 Å². The molecule has 2 amide bonds. The summed E-state index contributed by atoms with van der Waals surface area (Å²) in [4.78, 5) is 29.5. The molecule has 0 bridgehead atoms. The molecule has 0 spiro atoms. The molecule has 1 aliphatic heterocycles. The second kappa shape index (κ2) is 6.47. The van der Waals surface area contributed by atoms with Crippen LogP contribution >= 0.6 is 0 Å². The predicted octanol–water partition coefficient (Wildman–Crippen LogP) is 0.834. The third kappa shape index (κ3) is 3.54. The Balaban J connectivity index is 2.09. The summed E-state index contributed by atoms with van der Waals surface area (Å²) in [6.07, 6.45) is 2.54. The minimum atomic E-state index is -0.428. The van der Waals surface area contributed by atoms with E-state index >= 15 is 0 Å². The maximum absolute atomic E-state index is 12.0. The average Bonchev–Trinajstić information content (AvgIpc) is 2.62. The summed E-state index contributed by atoms with van der Waals surface area (Å²) >= 11 is 0. The van der Waals surface area contributed by atoms with Crippen molar-refractivity contribution in [2.75, 3.05) is 6.54 Å². The van der Waals surface area contributed by atoms with Crippen LogP contribution in [-0.2, 0) is 11.3 Å². The van der Waals surface area contributed by atoms with Crippen molar-refractivity contribution in [3.63, 3.8) is 0 Å². The van der Waals surface area contributed by atoms with Crippen LogP contribution in [0.1, 0.15) is 42.4 Å². The third-order valence-electron chi connectivity index (χ3n) is 3.62. The molecule has 108 valence electrons. The van der Waals surface area contributed by atoms with E-state index in [1.165, 1.54) is 0 Å². The first-order valence-electron chi connectivity index (χ1n) is 6.85. The van der Waals surface area contributed by atoms with Gasteiger partial charge in [0.05, 0.1) is 12.2 Å². The Morgan fingerprint density at radius 2 is 2.30 bits per heavy atom. The first-order valence-corrected chi connectivity index (χ1v) is 6.85. The molecule has 1 aliphatic rings. The first kappa shape index (κ1) is 14.5. The number of amides is 2. The van der Waals surface area contributed by atoms with Gasteiger partial charge in [-0.25, -0.2) is 10.8 Å². The van der Waals surface area contributed by atoms with Crippen LogP contribution in [0.25, 0.3) is 0 Å². The van der Waals surface area contributed by atoms with Crippen molar-refractivity contribution in [3.05, 3.63) is 29.6 Å². The highest BCUT2D eigenvalue weighted by atomic mass is 16.2. The van der Waals surface area contributed by atoms with Gasteiger partial charge in [-0.15, -0.1) is 0 Å². The Morgan fingerprint density at radius 3 is 3.05 bits per heavy atom. The van der Waals surface area contributed by atoms with Crippen molar-refractivity contribution in [1.82, 2.24) is 15.3 Å². The van der Waals surface area contributed by atoms with E-state index in [1.807, 2.05) is 11.0 Å². The summed E-state index contributed by atoms with van der Waals surface area (Å²) in [7, 11) is 0. The Labute approximate surface area is 118 Å². The molecule has 2 rings (SSSR count). The van der Waals surface area contributed by atoms with E-state index in [2.05, 4.69) is 17.3 Å². The van der Waals surface area contributed by atoms with Crippen LogP contribution in [-0.4, -0.2) is 28.2 Å². The number of nitrogens with one attached hydrogen (secondary N) is 1. The number of hydrogen-bond acceptors (Lipinski definition) is 4. The van der Waals surface area contributed by atoms with Crippen molar-refractivity contribution in [1.29, 1.82) is 0 Å². The van der Waals surface area contributed by atoms with Crippen molar-refractivity contribution in [2.24, 2.45) is 11.8 Å². The number of nitrogens with zero attached hydrogens (tertiary/aromatic N) is 2. The number of likely N-dealkylation sites (tertiary alicyclic amines) is 1. The van der Waals surface area contributed by atoms with Crippen molar-refractivity contribution in [3.8, 4) is 0 Å². The SMILES string of the molecule is CC1CCC(=O)N(Cc2cccc(C(=O)NN)n2)CC1. The molecule has 1 aromatic rings. The maximum atomic E-state index is 12.0. The molecule has 0 aromatic carbocycles. The number of carbonyl (C=O) groups is 2. The van der Waals surface area contributed by atoms with Gasteiger partial charge in [-0.2, -0.15) is 0 Å². The van der Waals surface area contributed by atoms with Crippen molar-refractivity contribution >= 4 is 11.8 Å². The molecule has 1 unspecified atom stereocenters. The summed E-state index contributed by atoms with van der Waals surface area (Å²) < 4.78 is 0. The van der Waals surface area contributed by atoms with Gasteiger partial charge in [0.1, 0.15) is 5.69 Å². The number of hydrazine groups is 1. The standard InChI is InChI=1S/C14H20N4O2/c1-10-5-6-13(19)18(8-7-10)9-11-3-2-4-12(16-11)14(20)17-15/h2-4,10H,5-9,15H2,1H3,(H,17,20). The zero-order chi connectivity index (χ0) is 14.5. The number of nitrogen functional groups attached to an aromatic ring is 1. The van der Waals surface area contributed by atoms with Crippen LogP contribution in [0.2, 0.25) is 0 Å². The van der Waals surface area contributed by atoms with Crippen molar-refractivity contribution < 1.29 is 9.59 Å². The number of hydrogen-bond donors (Lipinski definition) is 2. The van der Waals surface area contributed by atoms with Gasteiger partial charge in [0.25, 0.3) is 5.91 Å². The van der Waals surface area contributed by atoms with E-state index in [4.69, 9.17) is 5.84 Å². The van der Waals surface area contributed by atoms with E-state index < -0.39 is 5.91 Å². The van der Waals surface area contributed by atoms with Gasteiger partial charge < -0.3 is 4.90 Å².